The van der Waals surface area contributed by atoms with Crippen LogP contribution < -0.4 is 4.74 Å². The number of carbonyl (C=O) groups is 1. The Labute approximate surface area is 154 Å². The van der Waals surface area contributed by atoms with Gasteiger partial charge in [0.15, 0.2) is 0 Å². The number of hydrogen-bond donors (Lipinski definition) is 0. The van der Waals surface area contributed by atoms with Crippen LogP contribution in [0.5, 0.6) is 5.75 Å². The minimum Gasteiger partial charge on any atom is -0.492 e. The van der Waals surface area contributed by atoms with Gasteiger partial charge in [0, 0.05) is 13.0 Å². The maximum absolute atomic E-state index is 13.1. The van der Waals surface area contributed by atoms with Gasteiger partial charge < -0.3 is 9.64 Å². The molecule has 2 aromatic rings. The topological polar surface area (TPSA) is 29.5 Å². The maximum atomic E-state index is 13.1. The standard InChI is InChI=1S/C20H19F4NO2/c1-25(10-11-27-14-8-6-13(21)7-9-14)19(26)17-12-16(17)15-4-2-3-5-18(15)20(22,23)24/h2-9,16-17H,10-12H2,1H3. The average molecular weight is 381 g/mol. The molecule has 0 radical (unpaired) electrons. The molecular weight excluding hydrogens is 362 g/mol. The highest BCUT2D eigenvalue weighted by atomic mass is 19.4. The Bertz CT molecular complexity index is 804. The number of likely N-dealkylation sites (N-methyl/N-ethyl adjacent to an activating group) is 1. The number of nitrogens with zero attached hydrogens (tertiary/aromatic N) is 1. The van der Waals surface area contributed by atoms with Crippen LogP contribution in [0.1, 0.15) is 23.5 Å². The van der Waals surface area contributed by atoms with Crippen molar-refractivity contribution in [3.63, 3.8) is 0 Å². The summed E-state index contributed by atoms with van der Waals surface area (Å²) in [4.78, 5) is 13.9. The fourth-order valence-electron chi connectivity index (χ4n) is 3.11. The molecule has 1 saturated carbocycles. The van der Waals surface area contributed by atoms with Crippen molar-refractivity contribution in [1.82, 2.24) is 4.90 Å². The van der Waals surface area contributed by atoms with Crippen LogP contribution in [0.4, 0.5) is 17.6 Å². The molecule has 2 aromatic carbocycles. The molecule has 144 valence electrons. The predicted octanol–water partition coefficient (Wildman–Crippen LogP) is 4.49. The van der Waals surface area contributed by atoms with Gasteiger partial charge in [0.25, 0.3) is 0 Å². The first-order valence-electron chi connectivity index (χ1n) is 8.57. The number of ether oxygens (including phenoxy) is 1. The van der Waals surface area contributed by atoms with Crippen molar-refractivity contribution in [2.45, 2.75) is 18.5 Å². The Morgan fingerprint density at radius 3 is 2.48 bits per heavy atom. The van der Waals surface area contributed by atoms with Gasteiger partial charge in [-0.15, -0.1) is 0 Å². The Morgan fingerprint density at radius 2 is 1.81 bits per heavy atom. The van der Waals surface area contributed by atoms with Crippen LogP contribution in [-0.4, -0.2) is 31.0 Å². The first kappa shape index (κ1) is 19.2. The Morgan fingerprint density at radius 1 is 1.15 bits per heavy atom. The summed E-state index contributed by atoms with van der Waals surface area (Å²) in [6.45, 7) is 0.505. The highest BCUT2D eigenvalue weighted by Crippen LogP contribution is 2.51. The average Bonchev–Trinajstić information content (AvgIpc) is 3.42. The smallest absolute Gasteiger partial charge is 0.416 e. The molecule has 3 nitrogen and oxygen atoms in total. The van der Waals surface area contributed by atoms with Crippen molar-refractivity contribution in [1.29, 1.82) is 0 Å². The van der Waals surface area contributed by atoms with Crippen molar-refractivity contribution in [2.75, 3.05) is 20.2 Å². The number of hydrogen-bond acceptors (Lipinski definition) is 2. The zero-order valence-corrected chi connectivity index (χ0v) is 14.7. The molecule has 2 unspecified atom stereocenters. The molecule has 3 rings (SSSR count). The Balaban J connectivity index is 1.54. The fourth-order valence-corrected chi connectivity index (χ4v) is 3.11. The lowest BCUT2D eigenvalue weighted by Crippen LogP contribution is -2.32. The van der Waals surface area contributed by atoms with Crippen LogP contribution in [0.2, 0.25) is 0 Å². The van der Waals surface area contributed by atoms with E-state index < -0.39 is 23.6 Å². The van der Waals surface area contributed by atoms with Gasteiger partial charge in [0.2, 0.25) is 5.91 Å². The molecule has 27 heavy (non-hydrogen) atoms. The van der Waals surface area contributed by atoms with Crippen LogP contribution in [0.3, 0.4) is 0 Å². The molecule has 1 fully saturated rings. The van der Waals surface area contributed by atoms with E-state index in [0.29, 0.717) is 18.7 Å². The molecule has 2 atom stereocenters. The van der Waals surface area contributed by atoms with Crippen LogP contribution >= 0.6 is 0 Å². The summed E-state index contributed by atoms with van der Waals surface area (Å²) >= 11 is 0. The zero-order chi connectivity index (χ0) is 19.6. The largest absolute Gasteiger partial charge is 0.492 e. The van der Waals surface area contributed by atoms with Gasteiger partial charge in [-0.25, -0.2) is 4.39 Å². The van der Waals surface area contributed by atoms with E-state index in [1.54, 1.807) is 13.1 Å². The second-order valence-electron chi connectivity index (χ2n) is 6.60. The molecule has 7 heteroatoms. The SMILES string of the molecule is CN(CCOc1ccc(F)cc1)C(=O)C1CC1c1ccccc1C(F)(F)F. The minimum atomic E-state index is -4.43. The van der Waals surface area contributed by atoms with Gasteiger partial charge in [-0.05, 0) is 48.2 Å². The Kier molecular flexibility index (Phi) is 5.39. The van der Waals surface area contributed by atoms with E-state index in [0.717, 1.165) is 6.07 Å². The summed E-state index contributed by atoms with van der Waals surface area (Å²) in [5.74, 6) is -0.922. The van der Waals surface area contributed by atoms with Crippen molar-refractivity contribution in [3.8, 4) is 5.75 Å². The normalized spacial score (nSPS) is 18.9. The molecule has 0 aromatic heterocycles. The van der Waals surface area contributed by atoms with Gasteiger partial charge >= 0.3 is 6.18 Å². The van der Waals surface area contributed by atoms with E-state index in [4.69, 9.17) is 4.74 Å². The molecule has 0 aliphatic heterocycles. The summed E-state index contributed by atoms with van der Waals surface area (Å²) in [7, 11) is 1.60. The lowest BCUT2D eigenvalue weighted by Gasteiger charge is -2.18. The molecule has 0 N–H and O–H groups in total. The minimum absolute atomic E-state index is 0.180. The number of alkyl halides is 3. The van der Waals surface area contributed by atoms with Crippen LogP contribution in [0.25, 0.3) is 0 Å². The first-order chi connectivity index (χ1) is 12.8. The maximum Gasteiger partial charge on any atom is 0.416 e. The predicted molar refractivity (Wildman–Crippen MR) is 91.8 cm³/mol. The lowest BCUT2D eigenvalue weighted by molar-refractivity contribution is -0.138. The second kappa shape index (κ2) is 7.58. The van der Waals surface area contributed by atoms with Gasteiger partial charge in [0.05, 0.1) is 12.1 Å². The van der Waals surface area contributed by atoms with Crippen LogP contribution in [0.15, 0.2) is 48.5 Å². The highest BCUT2D eigenvalue weighted by Gasteiger charge is 2.48. The molecule has 1 aliphatic rings. The van der Waals surface area contributed by atoms with E-state index in [1.165, 1.54) is 41.3 Å². The van der Waals surface area contributed by atoms with Crippen LogP contribution in [0, 0.1) is 11.7 Å². The lowest BCUT2D eigenvalue weighted by atomic mass is 10.0. The molecule has 0 spiro atoms. The van der Waals surface area contributed by atoms with E-state index in [1.807, 2.05) is 0 Å². The van der Waals surface area contributed by atoms with Crippen molar-refractivity contribution in [2.24, 2.45) is 5.92 Å². The molecule has 0 bridgehead atoms. The van der Waals surface area contributed by atoms with Crippen LogP contribution in [-0.2, 0) is 11.0 Å². The monoisotopic (exact) mass is 381 g/mol. The summed E-state index contributed by atoms with van der Waals surface area (Å²) in [6.07, 6.45) is -4.02. The Hall–Kier alpha value is -2.57. The van der Waals surface area contributed by atoms with Crippen molar-refractivity contribution >= 4 is 5.91 Å². The summed E-state index contributed by atoms with van der Waals surface area (Å²) in [5, 5.41) is 0. The third-order valence-corrected chi connectivity index (χ3v) is 4.66. The molecule has 0 heterocycles. The van der Waals surface area contributed by atoms with Gasteiger partial charge in [-0.3, -0.25) is 4.79 Å². The molecule has 0 saturated heterocycles. The number of rotatable bonds is 6. The van der Waals surface area contributed by atoms with E-state index in [2.05, 4.69) is 0 Å². The second-order valence-corrected chi connectivity index (χ2v) is 6.60. The van der Waals surface area contributed by atoms with E-state index >= 15 is 0 Å². The van der Waals surface area contributed by atoms with Gasteiger partial charge in [-0.2, -0.15) is 13.2 Å². The number of benzene rings is 2. The van der Waals surface area contributed by atoms with E-state index in [-0.39, 0.29) is 23.9 Å². The zero-order valence-electron chi connectivity index (χ0n) is 14.7. The quantitative estimate of drug-likeness (QED) is 0.691. The highest BCUT2D eigenvalue weighted by molar-refractivity contribution is 5.83. The molecule has 1 amide bonds. The fraction of sp³-hybridized carbons (Fsp3) is 0.350. The first-order valence-corrected chi connectivity index (χ1v) is 8.57. The van der Waals surface area contributed by atoms with E-state index in [9.17, 15) is 22.4 Å². The molecule has 1 aliphatic carbocycles. The summed E-state index contributed by atoms with van der Waals surface area (Å²) in [5.41, 5.74) is -0.494. The third-order valence-electron chi connectivity index (χ3n) is 4.66. The van der Waals surface area contributed by atoms with Gasteiger partial charge in [0.1, 0.15) is 18.2 Å². The molecular formula is C20H19F4NO2. The summed E-state index contributed by atoms with van der Waals surface area (Å²) in [6, 6.07) is 10.9. The van der Waals surface area contributed by atoms with Crippen molar-refractivity contribution in [3.05, 3.63) is 65.5 Å². The number of carbonyl (C=O) groups excluding carboxylic acids is 1. The van der Waals surface area contributed by atoms with Gasteiger partial charge in [-0.1, -0.05) is 18.2 Å². The number of halogens is 4. The van der Waals surface area contributed by atoms with Crippen molar-refractivity contribution < 1.29 is 27.1 Å². The third kappa shape index (κ3) is 4.59. The number of amides is 1. The summed E-state index contributed by atoms with van der Waals surface area (Å²) < 4.78 is 57.7.